The molecule has 134 valence electrons. The van der Waals surface area contributed by atoms with Crippen molar-refractivity contribution < 1.29 is 22.7 Å². The minimum absolute atomic E-state index is 0.0628. The molecule has 0 atom stereocenters. The number of nitrogen functional groups attached to an aromatic ring is 1. The quantitative estimate of drug-likeness (QED) is 0.771. The predicted molar refractivity (Wildman–Crippen MR) is 90.8 cm³/mol. The van der Waals surface area contributed by atoms with E-state index in [0.29, 0.717) is 18.0 Å². The van der Waals surface area contributed by atoms with Crippen molar-refractivity contribution in [2.45, 2.75) is 26.4 Å². The predicted octanol–water partition coefficient (Wildman–Crippen LogP) is 4.64. The van der Waals surface area contributed by atoms with Gasteiger partial charge in [0.05, 0.1) is 17.9 Å². The highest BCUT2D eigenvalue weighted by Crippen LogP contribution is 2.33. The molecule has 0 heterocycles. The van der Waals surface area contributed by atoms with Crippen molar-refractivity contribution in [1.82, 2.24) is 0 Å². The third-order valence-corrected chi connectivity index (χ3v) is 3.53. The molecule has 0 unspecified atom stereocenters. The van der Waals surface area contributed by atoms with E-state index in [-0.39, 0.29) is 16.8 Å². The summed E-state index contributed by atoms with van der Waals surface area (Å²) in [6.45, 7) is 3.82. The number of alkyl halides is 3. The van der Waals surface area contributed by atoms with Crippen molar-refractivity contribution in [3.8, 4) is 5.75 Å². The molecule has 0 aliphatic carbocycles. The smallest absolute Gasteiger partial charge is 0.416 e. The summed E-state index contributed by atoms with van der Waals surface area (Å²) in [4.78, 5) is 12.2. The van der Waals surface area contributed by atoms with Crippen LogP contribution in [0.15, 0.2) is 36.4 Å². The van der Waals surface area contributed by atoms with Gasteiger partial charge in [0.15, 0.2) is 0 Å². The molecule has 0 saturated carbocycles. The van der Waals surface area contributed by atoms with E-state index >= 15 is 0 Å². The first-order valence-corrected chi connectivity index (χ1v) is 7.74. The van der Waals surface area contributed by atoms with Gasteiger partial charge in [0.2, 0.25) is 0 Å². The summed E-state index contributed by atoms with van der Waals surface area (Å²) in [5, 5.41) is 2.45. The number of rotatable bonds is 5. The first kappa shape index (κ1) is 18.6. The Morgan fingerprint density at radius 3 is 2.52 bits per heavy atom. The third-order valence-electron chi connectivity index (χ3n) is 3.53. The minimum atomic E-state index is -4.48. The summed E-state index contributed by atoms with van der Waals surface area (Å²) in [6.07, 6.45) is -3.66. The van der Waals surface area contributed by atoms with Crippen LogP contribution in [0.1, 0.15) is 34.8 Å². The Morgan fingerprint density at radius 1 is 1.20 bits per heavy atom. The molecule has 0 aliphatic heterocycles. The fourth-order valence-electron chi connectivity index (χ4n) is 2.24. The summed E-state index contributed by atoms with van der Waals surface area (Å²) in [6, 6.07) is 8.15. The molecular formula is C18H19F3N2O2. The molecule has 0 bridgehead atoms. The number of hydrogen-bond acceptors (Lipinski definition) is 3. The Bertz CT molecular complexity index is 773. The first-order chi connectivity index (χ1) is 11.7. The molecule has 0 radical (unpaired) electrons. The van der Waals surface area contributed by atoms with Crippen LogP contribution >= 0.6 is 0 Å². The average molecular weight is 352 g/mol. The number of anilines is 2. The van der Waals surface area contributed by atoms with Crippen molar-refractivity contribution >= 4 is 17.3 Å². The van der Waals surface area contributed by atoms with Crippen LogP contribution in [0.3, 0.4) is 0 Å². The lowest BCUT2D eigenvalue weighted by Gasteiger charge is -2.13. The fraction of sp³-hybridized carbons (Fsp3) is 0.278. The van der Waals surface area contributed by atoms with Gasteiger partial charge in [0, 0.05) is 11.3 Å². The van der Waals surface area contributed by atoms with E-state index in [2.05, 4.69) is 5.32 Å². The maximum Gasteiger partial charge on any atom is 0.416 e. The molecule has 0 fully saturated rings. The monoisotopic (exact) mass is 352 g/mol. The van der Waals surface area contributed by atoms with E-state index in [9.17, 15) is 18.0 Å². The van der Waals surface area contributed by atoms with Gasteiger partial charge in [-0.05, 0) is 49.2 Å². The van der Waals surface area contributed by atoms with Gasteiger partial charge in [0.1, 0.15) is 5.75 Å². The van der Waals surface area contributed by atoms with E-state index < -0.39 is 17.6 Å². The number of hydrogen-bond donors (Lipinski definition) is 2. The van der Waals surface area contributed by atoms with E-state index in [1.807, 2.05) is 6.92 Å². The summed E-state index contributed by atoms with van der Waals surface area (Å²) in [7, 11) is 0. The van der Waals surface area contributed by atoms with Crippen LogP contribution in [0.25, 0.3) is 0 Å². The fourth-order valence-corrected chi connectivity index (χ4v) is 2.24. The maximum absolute atomic E-state index is 12.9. The number of amides is 1. The zero-order valence-electron chi connectivity index (χ0n) is 13.9. The maximum atomic E-state index is 12.9. The van der Waals surface area contributed by atoms with Gasteiger partial charge in [0.25, 0.3) is 5.91 Å². The molecule has 2 rings (SSSR count). The lowest BCUT2D eigenvalue weighted by Crippen LogP contribution is -2.14. The number of nitrogens with one attached hydrogen (secondary N) is 1. The summed E-state index contributed by atoms with van der Waals surface area (Å²) in [5.41, 5.74) is 5.73. The zero-order chi connectivity index (χ0) is 18.6. The number of benzene rings is 2. The number of carbonyl (C=O) groups excluding carboxylic acids is 1. The molecule has 4 nitrogen and oxygen atoms in total. The van der Waals surface area contributed by atoms with Crippen LogP contribution in [0.4, 0.5) is 24.5 Å². The van der Waals surface area contributed by atoms with Crippen molar-refractivity contribution in [1.29, 1.82) is 0 Å². The number of aryl methyl sites for hydroxylation is 1. The summed E-state index contributed by atoms with van der Waals surface area (Å²) in [5.74, 6) is -0.0844. The topological polar surface area (TPSA) is 64.3 Å². The summed E-state index contributed by atoms with van der Waals surface area (Å²) < 4.78 is 44.3. The molecule has 7 heteroatoms. The molecule has 1 amide bonds. The van der Waals surface area contributed by atoms with Gasteiger partial charge >= 0.3 is 6.18 Å². The van der Waals surface area contributed by atoms with Crippen LogP contribution in [0.2, 0.25) is 0 Å². The number of nitrogens with two attached hydrogens (primary N) is 1. The summed E-state index contributed by atoms with van der Waals surface area (Å²) >= 11 is 0. The molecule has 3 N–H and O–H groups in total. The van der Waals surface area contributed by atoms with Crippen LogP contribution in [-0.4, -0.2) is 12.5 Å². The van der Waals surface area contributed by atoms with Gasteiger partial charge in [-0.2, -0.15) is 13.2 Å². The highest BCUT2D eigenvalue weighted by Gasteiger charge is 2.32. The molecule has 2 aromatic rings. The standard InChI is InChI=1S/C18H19F3N2O2/c1-3-8-25-16-7-5-12(9-15(16)22)17(24)23-13-6-4-11(2)14(10-13)18(19,20)21/h4-7,9-10H,3,8,22H2,1-2H3,(H,23,24). The molecule has 0 aliphatic rings. The van der Waals surface area contributed by atoms with Crippen molar-refractivity contribution in [3.05, 3.63) is 53.1 Å². The van der Waals surface area contributed by atoms with Crippen LogP contribution in [0, 0.1) is 6.92 Å². The van der Waals surface area contributed by atoms with Crippen LogP contribution in [-0.2, 0) is 6.18 Å². The van der Waals surface area contributed by atoms with Crippen molar-refractivity contribution in [2.24, 2.45) is 0 Å². The molecule has 2 aromatic carbocycles. The SMILES string of the molecule is CCCOc1ccc(C(=O)Nc2ccc(C)c(C(F)(F)F)c2)cc1N. The average Bonchev–Trinajstić information content (AvgIpc) is 2.54. The Kier molecular flexibility index (Phi) is 5.56. The second kappa shape index (κ2) is 7.46. The second-order valence-electron chi connectivity index (χ2n) is 5.58. The Morgan fingerprint density at radius 2 is 1.92 bits per heavy atom. The Balaban J connectivity index is 2.18. The number of halogens is 3. The molecule has 0 saturated heterocycles. The highest BCUT2D eigenvalue weighted by molar-refractivity contribution is 6.05. The number of ether oxygens (including phenoxy) is 1. The second-order valence-corrected chi connectivity index (χ2v) is 5.58. The molecule has 25 heavy (non-hydrogen) atoms. The third kappa shape index (κ3) is 4.65. The van der Waals surface area contributed by atoms with E-state index in [1.165, 1.54) is 31.2 Å². The normalized spacial score (nSPS) is 11.2. The van der Waals surface area contributed by atoms with Gasteiger partial charge in [-0.15, -0.1) is 0 Å². The van der Waals surface area contributed by atoms with E-state index in [1.54, 1.807) is 6.07 Å². The molecular weight excluding hydrogens is 333 g/mol. The highest BCUT2D eigenvalue weighted by atomic mass is 19.4. The number of carbonyl (C=O) groups is 1. The Hall–Kier alpha value is -2.70. The van der Waals surface area contributed by atoms with Crippen LogP contribution in [0.5, 0.6) is 5.75 Å². The van der Waals surface area contributed by atoms with Gasteiger partial charge in [-0.25, -0.2) is 0 Å². The van der Waals surface area contributed by atoms with Gasteiger partial charge in [-0.1, -0.05) is 13.0 Å². The molecule has 0 spiro atoms. The van der Waals surface area contributed by atoms with Crippen LogP contribution < -0.4 is 15.8 Å². The van der Waals surface area contributed by atoms with Crippen molar-refractivity contribution in [2.75, 3.05) is 17.7 Å². The largest absolute Gasteiger partial charge is 0.491 e. The zero-order valence-corrected chi connectivity index (χ0v) is 13.9. The van der Waals surface area contributed by atoms with E-state index in [0.717, 1.165) is 12.5 Å². The lowest BCUT2D eigenvalue weighted by atomic mass is 10.1. The lowest BCUT2D eigenvalue weighted by molar-refractivity contribution is -0.138. The van der Waals surface area contributed by atoms with Crippen molar-refractivity contribution in [3.63, 3.8) is 0 Å². The van der Waals surface area contributed by atoms with E-state index in [4.69, 9.17) is 10.5 Å². The Labute approximate surface area is 143 Å². The molecule has 0 aromatic heterocycles. The van der Waals surface area contributed by atoms with Gasteiger partial charge < -0.3 is 15.8 Å². The van der Waals surface area contributed by atoms with Gasteiger partial charge in [-0.3, -0.25) is 4.79 Å². The first-order valence-electron chi connectivity index (χ1n) is 7.74. The minimum Gasteiger partial charge on any atom is -0.491 e.